The van der Waals surface area contributed by atoms with Crippen molar-refractivity contribution in [1.82, 2.24) is 19.9 Å². The van der Waals surface area contributed by atoms with Gasteiger partial charge in [0.2, 0.25) is 5.95 Å². The van der Waals surface area contributed by atoms with Gasteiger partial charge in [0, 0.05) is 23.0 Å². The van der Waals surface area contributed by atoms with Gasteiger partial charge in [-0.15, -0.1) is 5.10 Å². The number of ether oxygens (including phenoxy) is 1. The van der Waals surface area contributed by atoms with E-state index in [1.54, 1.807) is 41.0 Å². The van der Waals surface area contributed by atoms with Crippen LogP contribution in [-0.2, 0) is 0 Å². The first-order valence-corrected chi connectivity index (χ1v) is 10.4. The lowest BCUT2D eigenvalue weighted by Gasteiger charge is -2.12. The van der Waals surface area contributed by atoms with Crippen LogP contribution in [-0.4, -0.2) is 51.5 Å². The maximum Gasteiger partial charge on any atom is 0.409 e. The minimum Gasteiger partial charge on any atom is -0.495 e. The van der Waals surface area contributed by atoms with Crippen LogP contribution in [0.15, 0.2) is 60.8 Å². The summed E-state index contributed by atoms with van der Waals surface area (Å²) in [5.74, 6) is -0.452. The van der Waals surface area contributed by atoms with Crippen LogP contribution in [0.4, 0.5) is 35.3 Å². The maximum atomic E-state index is 12.4. The van der Waals surface area contributed by atoms with E-state index in [1.165, 1.54) is 25.3 Å². The van der Waals surface area contributed by atoms with Gasteiger partial charge in [0.1, 0.15) is 12.3 Å². The molecule has 0 aliphatic rings. The van der Waals surface area contributed by atoms with E-state index < -0.39 is 24.7 Å². The molecule has 10 nitrogen and oxygen atoms in total. The Labute approximate surface area is 201 Å². The minimum absolute atomic E-state index is 0.00109. The van der Waals surface area contributed by atoms with Crippen molar-refractivity contribution < 1.29 is 32.6 Å². The zero-order valence-electron chi connectivity index (χ0n) is 18.6. The van der Waals surface area contributed by atoms with Gasteiger partial charge in [-0.1, -0.05) is 12.1 Å². The molecule has 4 rings (SSSR count). The second-order valence-corrected chi connectivity index (χ2v) is 7.50. The van der Waals surface area contributed by atoms with Crippen LogP contribution in [0, 0.1) is 0 Å². The molecule has 2 heterocycles. The molecule has 186 valence electrons. The molecule has 0 spiro atoms. The third-order valence-electron chi connectivity index (χ3n) is 4.96. The van der Waals surface area contributed by atoms with Crippen molar-refractivity contribution in [3.05, 3.63) is 66.4 Å². The molecular formula is C23H19F3N6O4. The Morgan fingerprint density at radius 2 is 1.78 bits per heavy atom. The molecule has 2 aromatic carbocycles. The summed E-state index contributed by atoms with van der Waals surface area (Å²) in [6.45, 7) is -1.44. The third-order valence-corrected chi connectivity index (χ3v) is 4.96. The van der Waals surface area contributed by atoms with Crippen molar-refractivity contribution in [2.45, 2.75) is 6.18 Å². The van der Waals surface area contributed by atoms with Gasteiger partial charge in [0.05, 0.1) is 12.8 Å². The Balaban J connectivity index is 1.52. The lowest BCUT2D eigenvalue weighted by atomic mass is 10.1. The van der Waals surface area contributed by atoms with Crippen molar-refractivity contribution in [2.75, 3.05) is 24.3 Å². The van der Waals surface area contributed by atoms with Gasteiger partial charge in [-0.2, -0.15) is 18.2 Å². The molecule has 0 bridgehead atoms. The number of carbonyl (C=O) groups excluding carboxylic acids is 1. The molecule has 0 saturated heterocycles. The first-order valence-electron chi connectivity index (χ1n) is 10.4. The number of carbonyl (C=O) groups is 2. The smallest absolute Gasteiger partial charge is 0.409 e. The van der Waals surface area contributed by atoms with E-state index in [0.29, 0.717) is 17.0 Å². The highest BCUT2D eigenvalue weighted by Crippen LogP contribution is 2.29. The Hall–Kier alpha value is -4.81. The van der Waals surface area contributed by atoms with E-state index in [9.17, 15) is 22.8 Å². The number of alkyl halides is 3. The van der Waals surface area contributed by atoms with E-state index >= 15 is 0 Å². The summed E-state index contributed by atoms with van der Waals surface area (Å²) in [5, 5.41) is 20.2. The first-order chi connectivity index (χ1) is 17.1. The molecule has 0 atom stereocenters. The highest BCUT2D eigenvalue weighted by molar-refractivity contribution is 5.95. The number of nitrogens with one attached hydrogen (secondary N) is 3. The molecule has 0 unspecified atom stereocenters. The summed E-state index contributed by atoms with van der Waals surface area (Å²) >= 11 is 0. The van der Waals surface area contributed by atoms with Crippen LogP contribution in [0.25, 0.3) is 16.8 Å². The number of hydrogen-bond donors (Lipinski definition) is 4. The number of benzene rings is 2. The summed E-state index contributed by atoms with van der Waals surface area (Å²) in [4.78, 5) is 27.2. The van der Waals surface area contributed by atoms with Crippen LogP contribution in [0.2, 0.25) is 0 Å². The molecule has 0 aliphatic carbocycles. The number of carboxylic acid groups (broad SMARTS) is 1. The number of nitrogens with zero attached hydrogens (tertiary/aromatic N) is 3. The molecule has 2 amide bonds. The predicted octanol–water partition coefficient (Wildman–Crippen LogP) is 4.53. The topological polar surface area (TPSA) is 130 Å². The van der Waals surface area contributed by atoms with Gasteiger partial charge in [0.15, 0.2) is 5.65 Å². The van der Waals surface area contributed by atoms with E-state index in [0.717, 1.165) is 11.1 Å². The van der Waals surface area contributed by atoms with E-state index in [1.807, 2.05) is 11.4 Å². The lowest BCUT2D eigenvalue weighted by Crippen LogP contribution is -2.33. The van der Waals surface area contributed by atoms with Gasteiger partial charge in [-0.25, -0.2) is 9.31 Å². The molecule has 2 aromatic heterocycles. The molecule has 0 saturated carbocycles. The number of methoxy groups -OCH3 is 1. The van der Waals surface area contributed by atoms with Crippen LogP contribution in [0.3, 0.4) is 0 Å². The fraction of sp³-hybridized carbons (Fsp3) is 0.130. The zero-order valence-corrected chi connectivity index (χ0v) is 18.6. The molecule has 4 aromatic rings. The van der Waals surface area contributed by atoms with Gasteiger partial charge in [-0.05, 0) is 48.0 Å². The number of pyridine rings is 1. The average Bonchev–Trinajstić information content (AvgIpc) is 3.24. The summed E-state index contributed by atoms with van der Waals surface area (Å²) in [6, 6.07) is 14.5. The van der Waals surface area contributed by atoms with Crippen molar-refractivity contribution in [3.63, 3.8) is 0 Å². The highest BCUT2D eigenvalue weighted by atomic mass is 19.4. The Morgan fingerprint density at radius 1 is 1.06 bits per heavy atom. The largest absolute Gasteiger partial charge is 0.495 e. The van der Waals surface area contributed by atoms with Gasteiger partial charge in [-0.3, -0.25) is 10.1 Å². The Kier molecular flexibility index (Phi) is 6.63. The Morgan fingerprint density at radius 3 is 2.44 bits per heavy atom. The Bertz CT molecular complexity index is 1420. The molecule has 13 heteroatoms. The van der Waals surface area contributed by atoms with Crippen LogP contribution in [0.1, 0.15) is 10.4 Å². The van der Waals surface area contributed by atoms with Crippen LogP contribution in [0.5, 0.6) is 5.75 Å². The van der Waals surface area contributed by atoms with E-state index in [4.69, 9.17) is 9.84 Å². The molecule has 0 aliphatic heterocycles. The van der Waals surface area contributed by atoms with Crippen molar-refractivity contribution in [2.24, 2.45) is 0 Å². The average molecular weight is 500 g/mol. The van der Waals surface area contributed by atoms with E-state index in [2.05, 4.69) is 20.7 Å². The molecular weight excluding hydrogens is 481 g/mol. The number of amides is 2. The minimum atomic E-state index is -4.52. The quantitative estimate of drug-likeness (QED) is 0.293. The van der Waals surface area contributed by atoms with Crippen molar-refractivity contribution in [3.8, 4) is 16.9 Å². The monoisotopic (exact) mass is 500 g/mol. The molecule has 0 radical (unpaired) electrons. The van der Waals surface area contributed by atoms with Gasteiger partial charge >= 0.3 is 12.3 Å². The van der Waals surface area contributed by atoms with Crippen molar-refractivity contribution in [1.29, 1.82) is 0 Å². The van der Waals surface area contributed by atoms with Crippen molar-refractivity contribution >= 4 is 35.0 Å². The van der Waals surface area contributed by atoms with Gasteiger partial charge < -0.3 is 20.5 Å². The fourth-order valence-electron chi connectivity index (χ4n) is 3.32. The number of aromatic nitrogens is 3. The van der Waals surface area contributed by atoms with Crippen LogP contribution >= 0.6 is 0 Å². The maximum absolute atomic E-state index is 12.4. The van der Waals surface area contributed by atoms with E-state index in [-0.39, 0.29) is 17.3 Å². The molecule has 0 fully saturated rings. The molecule has 36 heavy (non-hydrogen) atoms. The lowest BCUT2D eigenvalue weighted by molar-refractivity contribution is -0.123. The second-order valence-electron chi connectivity index (χ2n) is 7.50. The number of anilines is 3. The zero-order chi connectivity index (χ0) is 25.9. The standard InChI is InChI=1S/C23H19F3N6O4/c1-36-18-10-14(20(33)27-12-23(24,25)26)4-8-17(18)29-21-30-19-9-5-15(11-32(19)31-21)13-2-6-16(7-3-13)28-22(34)35/h2-11,28H,12H2,1H3,(H,27,33)(H,29,31)(H,34,35). The summed E-state index contributed by atoms with van der Waals surface area (Å²) in [6.07, 6.45) is -3.92. The number of hydrogen-bond acceptors (Lipinski definition) is 6. The number of halogens is 3. The molecule has 4 N–H and O–H groups in total. The first kappa shape index (κ1) is 24.3. The SMILES string of the molecule is COc1cc(C(=O)NCC(F)(F)F)ccc1Nc1nc2ccc(-c3ccc(NC(=O)O)cc3)cn2n1. The van der Waals surface area contributed by atoms with Crippen LogP contribution < -0.4 is 20.7 Å². The fourth-order valence-corrected chi connectivity index (χ4v) is 3.32. The highest BCUT2D eigenvalue weighted by Gasteiger charge is 2.28. The van der Waals surface area contributed by atoms with Gasteiger partial charge in [0.25, 0.3) is 5.91 Å². The normalized spacial score (nSPS) is 11.2. The number of rotatable bonds is 7. The summed E-state index contributed by atoms with van der Waals surface area (Å²) < 4.78 is 43.9. The summed E-state index contributed by atoms with van der Waals surface area (Å²) in [5.41, 5.74) is 3.03. The number of fused-ring (bicyclic) bond motifs is 1. The predicted molar refractivity (Wildman–Crippen MR) is 125 cm³/mol. The summed E-state index contributed by atoms with van der Waals surface area (Å²) in [7, 11) is 1.36. The third kappa shape index (κ3) is 5.81. The second kappa shape index (κ2) is 9.82.